The molecule has 2 aromatic rings. The van der Waals surface area contributed by atoms with Gasteiger partial charge in [0.25, 0.3) is 0 Å². The molecule has 0 aliphatic carbocycles. The number of hydrogen-bond acceptors (Lipinski definition) is 11. The Balaban J connectivity index is 1.67. The van der Waals surface area contributed by atoms with Gasteiger partial charge in [-0.1, -0.05) is 66.7 Å². The van der Waals surface area contributed by atoms with Gasteiger partial charge in [0.1, 0.15) is 48.7 Å². The zero-order chi connectivity index (χ0) is 33.1. The highest BCUT2D eigenvalue weighted by atomic mass is 16.7. The van der Waals surface area contributed by atoms with Crippen molar-refractivity contribution in [3.8, 4) is 0 Å². The van der Waals surface area contributed by atoms with E-state index in [1.54, 1.807) is 0 Å². The number of amides is 2. The maximum Gasteiger partial charge on any atom is 0.217 e. The van der Waals surface area contributed by atoms with Crippen LogP contribution in [0, 0.1) is 0 Å². The molecule has 13 heteroatoms. The summed E-state index contributed by atoms with van der Waals surface area (Å²) < 4.78 is 37.3. The van der Waals surface area contributed by atoms with Crippen LogP contribution in [0.15, 0.2) is 73.3 Å². The average Bonchev–Trinajstić information content (AvgIpc) is 3.04. The number of carbonyl (C=O) groups excluding carboxylic acids is 2. The minimum Gasteiger partial charge on any atom is -0.394 e. The van der Waals surface area contributed by atoms with Crippen LogP contribution in [0.1, 0.15) is 25.0 Å². The Kier molecular flexibility index (Phi) is 13.6. The van der Waals surface area contributed by atoms with E-state index in [0.717, 1.165) is 11.1 Å². The first kappa shape index (κ1) is 35.6. The Hall–Kier alpha value is -3.24. The SMILES string of the molecule is C=CCO[C@@H]1[C@@H](NC(C)=O)[C@H](OCc2ccccc2)O[C@H](COCc2ccccc2)[C@H]1O[C@@H]1O[C@H](CO)[C@@H](O)[C@H](O)[C@H]1NC(C)=O. The predicted octanol–water partition coefficient (Wildman–Crippen LogP) is 0.550. The summed E-state index contributed by atoms with van der Waals surface area (Å²) in [5.41, 5.74) is 1.80. The zero-order valence-electron chi connectivity index (χ0n) is 26.0. The van der Waals surface area contributed by atoms with Gasteiger partial charge >= 0.3 is 0 Å². The first-order chi connectivity index (χ1) is 22.2. The molecule has 2 saturated heterocycles. The van der Waals surface area contributed by atoms with Gasteiger partial charge in [0, 0.05) is 13.8 Å². The van der Waals surface area contributed by atoms with E-state index < -0.39 is 73.8 Å². The van der Waals surface area contributed by atoms with Gasteiger partial charge in [-0.15, -0.1) is 6.58 Å². The molecule has 252 valence electrons. The smallest absolute Gasteiger partial charge is 0.217 e. The normalized spacial score (nSPS) is 31.2. The molecule has 2 heterocycles. The van der Waals surface area contributed by atoms with Crippen LogP contribution >= 0.6 is 0 Å². The monoisotopic (exact) mass is 644 g/mol. The first-order valence-electron chi connectivity index (χ1n) is 15.2. The number of nitrogens with one attached hydrogen (secondary N) is 2. The maximum absolute atomic E-state index is 12.5. The van der Waals surface area contributed by atoms with Crippen molar-refractivity contribution in [2.75, 3.05) is 19.8 Å². The topological polar surface area (TPSA) is 174 Å². The van der Waals surface area contributed by atoms with Gasteiger partial charge in [-0.2, -0.15) is 0 Å². The lowest BCUT2D eigenvalue weighted by molar-refractivity contribution is -0.337. The van der Waals surface area contributed by atoms with E-state index in [1.807, 2.05) is 60.7 Å². The third-order valence-electron chi connectivity index (χ3n) is 7.62. The lowest BCUT2D eigenvalue weighted by atomic mass is 9.94. The van der Waals surface area contributed by atoms with Crippen molar-refractivity contribution in [3.63, 3.8) is 0 Å². The molecule has 10 atom stereocenters. The minimum absolute atomic E-state index is 0.0162. The van der Waals surface area contributed by atoms with Crippen LogP contribution in [0.2, 0.25) is 0 Å². The number of hydrogen-bond donors (Lipinski definition) is 5. The Labute approximate surface area is 268 Å². The van der Waals surface area contributed by atoms with E-state index in [1.165, 1.54) is 19.9 Å². The molecule has 4 rings (SSSR count). The third kappa shape index (κ3) is 9.64. The summed E-state index contributed by atoms with van der Waals surface area (Å²) in [4.78, 5) is 24.6. The van der Waals surface area contributed by atoms with Crippen molar-refractivity contribution in [3.05, 3.63) is 84.4 Å². The number of aliphatic hydroxyl groups is 3. The van der Waals surface area contributed by atoms with Crippen LogP contribution < -0.4 is 10.6 Å². The second-order valence-corrected chi connectivity index (χ2v) is 11.2. The highest BCUT2D eigenvalue weighted by Gasteiger charge is 2.53. The number of aliphatic hydroxyl groups excluding tert-OH is 3. The van der Waals surface area contributed by atoms with Crippen LogP contribution in [0.25, 0.3) is 0 Å². The van der Waals surface area contributed by atoms with Crippen molar-refractivity contribution in [2.24, 2.45) is 0 Å². The fraction of sp³-hybridized carbons (Fsp3) is 0.515. The summed E-state index contributed by atoms with van der Waals surface area (Å²) in [6.07, 6.45) is -8.00. The van der Waals surface area contributed by atoms with E-state index in [9.17, 15) is 24.9 Å². The van der Waals surface area contributed by atoms with E-state index in [2.05, 4.69) is 17.2 Å². The Morgan fingerprint density at radius 3 is 1.98 bits per heavy atom. The molecule has 0 unspecified atom stereocenters. The lowest BCUT2D eigenvalue weighted by Crippen LogP contribution is -2.69. The first-order valence-corrected chi connectivity index (χ1v) is 15.2. The van der Waals surface area contributed by atoms with Gasteiger partial charge in [0.2, 0.25) is 11.8 Å². The quantitative estimate of drug-likeness (QED) is 0.171. The molecule has 2 amide bonds. The van der Waals surface area contributed by atoms with Gasteiger partial charge < -0.3 is 54.4 Å². The van der Waals surface area contributed by atoms with E-state index >= 15 is 0 Å². The van der Waals surface area contributed by atoms with Crippen molar-refractivity contribution < 1.29 is 53.3 Å². The van der Waals surface area contributed by atoms with Crippen LogP contribution in [-0.2, 0) is 51.2 Å². The largest absolute Gasteiger partial charge is 0.394 e. The molecule has 13 nitrogen and oxygen atoms in total. The van der Waals surface area contributed by atoms with Crippen LogP contribution in [0.4, 0.5) is 0 Å². The highest BCUT2D eigenvalue weighted by Crippen LogP contribution is 2.32. The molecule has 46 heavy (non-hydrogen) atoms. The van der Waals surface area contributed by atoms with Crippen molar-refractivity contribution in [1.29, 1.82) is 0 Å². The van der Waals surface area contributed by atoms with Gasteiger partial charge in [-0.25, -0.2) is 0 Å². The Bertz CT molecular complexity index is 1240. The molecular weight excluding hydrogens is 600 g/mol. The summed E-state index contributed by atoms with van der Waals surface area (Å²) in [7, 11) is 0. The second-order valence-electron chi connectivity index (χ2n) is 11.2. The number of ether oxygens (including phenoxy) is 6. The fourth-order valence-electron chi connectivity index (χ4n) is 5.47. The van der Waals surface area contributed by atoms with Gasteiger partial charge in [-0.3, -0.25) is 9.59 Å². The molecular formula is C33H44N2O11. The van der Waals surface area contributed by atoms with Gasteiger partial charge in [-0.05, 0) is 11.1 Å². The Morgan fingerprint density at radius 2 is 1.39 bits per heavy atom. The second kappa shape index (κ2) is 17.6. The summed E-state index contributed by atoms with van der Waals surface area (Å²) >= 11 is 0. The number of carbonyl (C=O) groups is 2. The standard InChI is InChI=1S/C33H44N2O11/c1-4-15-42-31-27(35-21(3)38)32(43-18-23-13-9-6-10-14-23)45-25(19-41-17-22-11-7-5-8-12-22)30(31)46-33-26(34-20(2)37)29(40)28(39)24(16-36)44-33/h4-14,24-33,36,39-40H,1,15-19H2,2-3H3,(H,34,37)(H,35,38)/t24-,25-,26-,27-,28-,29-,30-,31-,32-,33+/m1/s1. The van der Waals surface area contributed by atoms with E-state index in [-0.39, 0.29) is 32.3 Å². The van der Waals surface area contributed by atoms with Crippen LogP contribution in [0.5, 0.6) is 0 Å². The zero-order valence-corrected chi connectivity index (χ0v) is 26.0. The van der Waals surface area contributed by atoms with Crippen molar-refractivity contribution >= 4 is 11.8 Å². The van der Waals surface area contributed by atoms with Gasteiger partial charge in [0.05, 0.1) is 33.0 Å². The molecule has 0 spiro atoms. The summed E-state index contributed by atoms with van der Waals surface area (Å²) in [6, 6.07) is 16.8. The molecule has 0 aromatic heterocycles. The van der Waals surface area contributed by atoms with E-state index in [4.69, 9.17) is 28.4 Å². The Morgan fingerprint density at radius 1 is 0.804 bits per heavy atom. The molecule has 2 fully saturated rings. The van der Waals surface area contributed by atoms with E-state index in [0.29, 0.717) is 0 Å². The molecule has 2 aromatic carbocycles. The van der Waals surface area contributed by atoms with Gasteiger partial charge in [0.15, 0.2) is 12.6 Å². The molecule has 2 aliphatic rings. The number of benzene rings is 2. The summed E-state index contributed by atoms with van der Waals surface area (Å²) in [6.45, 7) is 6.18. The molecule has 0 bridgehead atoms. The molecule has 0 radical (unpaired) electrons. The minimum atomic E-state index is -1.54. The number of rotatable bonds is 15. The average molecular weight is 645 g/mol. The summed E-state index contributed by atoms with van der Waals surface area (Å²) in [5, 5.41) is 36.7. The lowest BCUT2D eigenvalue weighted by Gasteiger charge is -2.49. The van der Waals surface area contributed by atoms with Crippen molar-refractivity contribution in [2.45, 2.75) is 88.3 Å². The molecule has 2 aliphatic heterocycles. The molecule has 0 saturated carbocycles. The highest BCUT2D eigenvalue weighted by molar-refractivity contribution is 5.73. The summed E-state index contributed by atoms with van der Waals surface area (Å²) in [5.74, 6) is -0.890. The van der Waals surface area contributed by atoms with Crippen molar-refractivity contribution in [1.82, 2.24) is 10.6 Å². The maximum atomic E-state index is 12.5. The third-order valence-corrected chi connectivity index (χ3v) is 7.62. The van der Waals surface area contributed by atoms with Crippen LogP contribution in [-0.4, -0.2) is 108 Å². The molecule has 5 N–H and O–H groups in total. The van der Waals surface area contributed by atoms with Crippen LogP contribution in [0.3, 0.4) is 0 Å². The predicted molar refractivity (Wildman–Crippen MR) is 164 cm³/mol. The fourth-order valence-corrected chi connectivity index (χ4v) is 5.47.